The maximum absolute atomic E-state index is 11.6. The van der Waals surface area contributed by atoms with Crippen molar-refractivity contribution in [3.63, 3.8) is 0 Å². The van der Waals surface area contributed by atoms with Gasteiger partial charge in [-0.2, -0.15) is 5.06 Å². The summed E-state index contributed by atoms with van der Waals surface area (Å²) in [6, 6.07) is -0.403. The first kappa shape index (κ1) is 9.97. The van der Waals surface area contributed by atoms with Gasteiger partial charge >= 0.3 is 12.0 Å². The van der Waals surface area contributed by atoms with Crippen molar-refractivity contribution in [1.82, 2.24) is 9.96 Å². The van der Waals surface area contributed by atoms with E-state index in [0.29, 0.717) is 13.1 Å². The van der Waals surface area contributed by atoms with E-state index >= 15 is 0 Å². The topological polar surface area (TPSA) is 70.1 Å². The van der Waals surface area contributed by atoms with E-state index in [1.807, 2.05) is 13.0 Å². The van der Waals surface area contributed by atoms with E-state index < -0.39 is 12.6 Å². The number of carboxylic acid groups (broad SMARTS) is 1. The first-order valence-electron chi connectivity index (χ1n) is 4.68. The van der Waals surface area contributed by atoms with Crippen molar-refractivity contribution in [2.24, 2.45) is 0 Å². The second kappa shape index (κ2) is 3.54. The predicted octanol–water partition coefficient (Wildman–Crippen LogP) is 0.0687. The van der Waals surface area contributed by atoms with Gasteiger partial charge in [0.05, 0.1) is 6.04 Å². The molecular weight excluding hydrogens is 200 g/mol. The standard InChI is InChI=1S/C9H12N2O4/c1-6-2-7-4-10(3-6)9(14)11(7)15-5-8(12)13/h2,7H,3-5H2,1H3,(H,12,13)/t7-/m1/s1. The molecule has 0 unspecified atom stereocenters. The van der Waals surface area contributed by atoms with Gasteiger partial charge in [0.25, 0.3) is 0 Å². The van der Waals surface area contributed by atoms with E-state index in [-0.39, 0.29) is 12.1 Å². The van der Waals surface area contributed by atoms with E-state index in [1.165, 1.54) is 0 Å². The summed E-state index contributed by atoms with van der Waals surface area (Å²) in [4.78, 5) is 28.6. The van der Waals surface area contributed by atoms with Crippen molar-refractivity contribution in [1.29, 1.82) is 0 Å². The number of hydroxylamine groups is 2. The molecule has 2 aliphatic rings. The first-order chi connectivity index (χ1) is 7.08. The molecule has 2 amide bonds. The van der Waals surface area contributed by atoms with E-state index in [4.69, 9.17) is 9.94 Å². The van der Waals surface area contributed by atoms with Crippen LogP contribution in [0.2, 0.25) is 0 Å². The summed E-state index contributed by atoms with van der Waals surface area (Å²) in [5.41, 5.74) is 1.10. The number of fused-ring (bicyclic) bond motifs is 2. The van der Waals surface area contributed by atoms with Gasteiger partial charge in [0.2, 0.25) is 0 Å². The molecule has 0 radical (unpaired) electrons. The van der Waals surface area contributed by atoms with Crippen molar-refractivity contribution in [3.8, 4) is 0 Å². The molecule has 15 heavy (non-hydrogen) atoms. The van der Waals surface area contributed by atoms with Gasteiger partial charge in [0.1, 0.15) is 0 Å². The number of hydrogen-bond acceptors (Lipinski definition) is 3. The van der Waals surface area contributed by atoms with E-state index in [2.05, 4.69) is 0 Å². The van der Waals surface area contributed by atoms with Gasteiger partial charge in [0.15, 0.2) is 6.61 Å². The summed E-state index contributed by atoms with van der Waals surface area (Å²) in [6.45, 7) is 2.63. The number of carboxylic acids is 1. The highest BCUT2D eigenvalue weighted by molar-refractivity contribution is 5.78. The summed E-state index contributed by atoms with van der Waals surface area (Å²) < 4.78 is 0. The smallest absolute Gasteiger partial charge is 0.344 e. The van der Waals surface area contributed by atoms with E-state index in [0.717, 1.165) is 10.6 Å². The largest absolute Gasteiger partial charge is 0.479 e. The molecule has 0 aromatic carbocycles. The van der Waals surface area contributed by atoms with Crippen LogP contribution >= 0.6 is 0 Å². The van der Waals surface area contributed by atoms with Gasteiger partial charge in [-0.05, 0) is 6.92 Å². The SMILES string of the molecule is CC1=C[C@@H]2CN(C1)C(=O)N2OCC(=O)O. The fourth-order valence-corrected chi connectivity index (χ4v) is 1.87. The van der Waals surface area contributed by atoms with Crippen molar-refractivity contribution in [3.05, 3.63) is 11.6 Å². The molecule has 1 saturated heterocycles. The average molecular weight is 212 g/mol. The van der Waals surface area contributed by atoms with Crippen LogP contribution in [0.25, 0.3) is 0 Å². The second-order valence-electron chi connectivity index (χ2n) is 3.74. The van der Waals surface area contributed by atoms with Crippen LogP contribution in [0.3, 0.4) is 0 Å². The third kappa shape index (κ3) is 1.80. The molecule has 0 aromatic heterocycles. The minimum Gasteiger partial charge on any atom is -0.479 e. The Bertz CT molecular complexity index is 339. The molecular formula is C9H12N2O4. The Morgan fingerprint density at radius 2 is 2.47 bits per heavy atom. The molecule has 1 atom stereocenters. The third-order valence-corrected chi connectivity index (χ3v) is 2.41. The lowest BCUT2D eigenvalue weighted by Crippen LogP contribution is -2.34. The van der Waals surface area contributed by atoms with Gasteiger partial charge in [-0.15, -0.1) is 0 Å². The zero-order valence-electron chi connectivity index (χ0n) is 8.34. The lowest BCUT2D eigenvalue weighted by molar-refractivity contribution is -0.164. The minimum atomic E-state index is -1.08. The number of nitrogens with zero attached hydrogens (tertiary/aromatic N) is 2. The second-order valence-corrected chi connectivity index (χ2v) is 3.74. The zero-order valence-corrected chi connectivity index (χ0v) is 8.34. The Labute approximate surface area is 86.7 Å². The molecule has 6 nitrogen and oxygen atoms in total. The van der Waals surface area contributed by atoms with Crippen molar-refractivity contribution in [2.75, 3.05) is 19.7 Å². The Hall–Kier alpha value is -1.56. The lowest BCUT2D eigenvalue weighted by Gasteiger charge is -2.19. The van der Waals surface area contributed by atoms with E-state index in [9.17, 15) is 9.59 Å². The molecule has 2 bridgehead atoms. The number of carbonyl (C=O) groups is 2. The molecule has 1 N–H and O–H groups in total. The molecule has 1 fully saturated rings. The number of amides is 2. The minimum absolute atomic E-state index is 0.148. The summed E-state index contributed by atoms with van der Waals surface area (Å²) in [5, 5.41) is 9.60. The molecule has 0 aliphatic carbocycles. The normalized spacial score (nSPS) is 24.5. The van der Waals surface area contributed by atoms with Crippen LogP contribution < -0.4 is 0 Å². The summed E-state index contributed by atoms with van der Waals surface area (Å²) >= 11 is 0. The first-order valence-corrected chi connectivity index (χ1v) is 4.68. The van der Waals surface area contributed by atoms with Crippen LogP contribution in [0.5, 0.6) is 0 Å². The van der Waals surface area contributed by atoms with Crippen molar-refractivity contribution in [2.45, 2.75) is 13.0 Å². The van der Waals surface area contributed by atoms with Gasteiger partial charge in [-0.25, -0.2) is 9.59 Å². The number of aliphatic carboxylic acids is 1. The molecule has 2 rings (SSSR count). The van der Waals surface area contributed by atoms with Gasteiger partial charge in [-0.1, -0.05) is 11.6 Å². The quantitative estimate of drug-likeness (QED) is 0.672. The Morgan fingerprint density at radius 1 is 1.73 bits per heavy atom. The predicted molar refractivity (Wildman–Crippen MR) is 49.9 cm³/mol. The maximum Gasteiger partial charge on any atom is 0.344 e. The van der Waals surface area contributed by atoms with Crippen LogP contribution in [0, 0.1) is 0 Å². The highest BCUT2D eigenvalue weighted by Gasteiger charge is 2.40. The number of carbonyl (C=O) groups excluding carboxylic acids is 1. The Kier molecular flexibility index (Phi) is 2.36. The highest BCUT2D eigenvalue weighted by atomic mass is 16.7. The Morgan fingerprint density at radius 3 is 3.13 bits per heavy atom. The number of rotatable bonds is 3. The van der Waals surface area contributed by atoms with Crippen LogP contribution in [0.4, 0.5) is 4.79 Å². The van der Waals surface area contributed by atoms with Crippen molar-refractivity contribution < 1.29 is 19.5 Å². The lowest BCUT2D eigenvalue weighted by atomic mass is 10.1. The summed E-state index contributed by atoms with van der Waals surface area (Å²) in [6.07, 6.45) is 1.93. The fraction of sp³-hybridized carbons (Fsp3) is 0.556. The van der Waals surface area contributed by atoms with E-state index in [1.54, 1.807) is 4.90 Å². The van der Waals surface area contributed by atoms with Crippen LogP contribution in [0.15, 0.2) is 11.6 Å². The molecule has 0 aromatic rings. The monoisotopic (exact) mass is 212 g/mol. The zero-order chi connectivity index (χ0) is 11.0. The van der Waals surface area contributed by atoms with Gasteiger partial charge in [-0.3, -0.25) is 4.84 Å². The molecule has 2 heterocycles. The third-order valence-electron chi connectivity index (χ3n) is 2.41. The summed E-state index contributed by atoms with van der Waals surface area (Å²) in [5.74, 6) is -1.08. The van der Waals surface area contributed by atoms with Crippen LogP contribution in [-0.2, 0) is 9.63 Å². The molecule has 2 aliphatic heterocycles. The number of urea groups is 1. The molecule has 82 valence electrons. The Balaban J connectivity index is 2.06. The molecule has 0 spiro atoms. The fourth-order valence-electron chi connectivity index (χ4n) is 1.87. The molecule has 6 heteroatoms. The highest BCUT2D eigenvalue weighted by Crippen LogP contribution is 2.24. The number of hydrogen-bond donors (Lipinski definition) is 1. The molecule has 0 saturated carbocycles. The van der Waals surface area contributed by atoms with Gasteiger partial charge in [0, 0.05) is 13.1 Å². The van der Waals surface area contributed by atoms with Crippen LogP contribution in [-0.4, -0.2) is 52.8 Å². The summed E-state index contributed by atoms with van der Waals surface area (Å²) in [7, 11) is 0. The average Bonchev–Trinajstić information content (AvgIpc) is 2.36. The van der Waals surface area contributed by atoms with Crippen molar-refractivity contribution >= 4 is 12.0 Å². The van der Waals surface area contributed by atoms with Gasteiger partial charge < -0.3 is 10.0 Å². The van der Waals surface area contributed by atoms with Crippen LogP contribution in [0.1, 0.15) is 6.92 Å². The maximum atomic E-state index is 11.6.